The lowest BCUT2D eigenvalue weighted by atomic mass is 10.3. The van der Waals surface area contributed by atoms with Crippen LogP contribution < -0.4 is 5.32 Å². The van der Waals surface area contributed by atoms with Crippen LogP contribution in [0.3, 0.4) is 0 Å². The van der Waals surface area contributed by atoms with Crippen molar-refractivity contribution in [1.29, 1.82) is 0 Å². The highest BCUT2D eigenvalue weighted by Gasteiger charge is 2.34. The molecule has 0 saturated carbocycles. The third-order valence-corrected chi connectivity index (χ3v) is 5.58. The first kappa shape index (κ1) is 13.9. The van der Waals surface area contributed by atoms with Gasteiger partial charge in [-0.1, -0.05) is 0 Å². The molecule has 2 saturated heterocycles. The maximum Gasteiger partial charge on any atom is 0.364 e. The molecule has 0 spiro atoms. The van der Waals surface area contributed by atoms with Crippen molar-refractivity contribution in [2.24, 2.45) is 0 Å². The second-order valence-electron chi connectivity index (χ2n) is 3.81. The summed E-state index contributed by atoms with van der Waals surface area (Å²) in [5.74, 6) is -0.120. The normalized spacial score (nSPS) is 27.4. The molecule has 0 radical (unpaired) electrons. The SMILES string of the molecule is O=S1(=O)CCC(COS(=O)(=O)N2CCNC2=S)O1. The van der Waals surface area contributed by atoms with Gasteiger partial charge in [0.25, 0.3) is 10.1 Å². The number of hydrogen-bond donors (Lipinski definition) is 1. The summed E-state index contributed by atoms with van der Waals surface area (Å²) in [4.78, 5) is 0. The largest absolute Gasteiger partial charge is 0.364 e. The van der Waals surface area contributed by atoms with Crippen molar-refractivity contribution >= 4 is 37.8 Å². The van der Waals surface area contributed by atoms with Crippen molar-refractivity contribution in [3.8, 4) is 0 Å². The van der Waals surface area contributed by atoms with Gasteiger partial charge in [-0.05, 0) is 18.6 Å². The third kappa shape index (κ3) is 3.09. The van der Waals surface area contributed by atoms with Crippen LogP contribution in [0.4, 0.5) is 0 Å². The molecule has 1 unspecified atom stereocenters. The summed E-state index contributed by atoms with van der Waals surface area (Å²) in [6, 6.07) is 0. The molecular formula is C7H12N2O6S3. The van der Waals surface area contributed by atoms with E-state index in [1.165, 1.54) is 0 Å². The zero-order chi connectivity index (χ0) is 13.4. The number of rotatable bonds is 4. The minimum atomic E-state index is -3.98. The molecule has 1 N–H and O–H groups in total. The summed E-state index contributed by atoms with van der Waals surface area (Å²) >= 11 is 4.80. The fourth-order valence-electron chi connectivity index (χ4n) is 1.58. The standard InChI is InChI=1S/C7H12N2O6S3/c10-17(11)4-1-6(15-17)5-14-18(12,13)9-3-2-8-7(9)16/h6H,1-5H2,(H,8,16). The van der Waals surface area contributed by atoms with E-state index in [2.05, 4.69) is 9.50 Å². The quantitative estimate of drug-likeness (QED) is 0.497. The highest BCUT2D eigenvalue weighted by molar-refractivity contribution is 7.87. The van der Waals surface area contributed by atoms with Crippen LogP contribution in [0.1, 0.15) is 6.42 Å². The Labute approximate surface area is 111 Å². The first-order valence-corrected chi connectivity index (χ1v) is 8.51. The first-order chi connectivity index (χ1) is 8.30. The van der Waals surface area contributed by atoms with Crippen molar-refractivity contribution in [2.75, 3.05) is 25.4 Å². The third-order valence-electron chi connectivity index (χ3n) is 2.46. The van der Waals surface area contributed by atoms with E-state index < -0.39 is 26.5 Å². The minimum absolute atomic E-state index is 0.0787. The second kappa shape index (κ2) is 4.89. The summed E-state index contributed by atoms with van der Waals surface area (Å²) in [5, 5.41) is 2.77. The Morgan fingerprint density at radius 3 is 2.78 bits per heavy atom. The molecule has 2 aliphatic rings. The summed E-state index contributed by atoms with van der Waals surface area (Å²) in [7, 11) is -7.50. The molecule has 2 rings (SSSR count). The van der Waals surface area contributed by atoms with Crippen molar-refractivity contribution in [3.63, 3.8) is 0 Å². The van der Waals surface area contributed by atoms with Gasteiger partial charge in [0.05, 0.1) is 18.9 Å². The van der Waals surface area contributed by atoms with Gasteiger partial charge >= 0.3 is 10.3 Å². The van der Waals surface area contributed by atoms with Crippen LogP contribution >= 0.6 is 12.2 Å². The molecule has 11 heteroatoms. The van der Waals surface area contributed by atoms with E-state index in [0.29, 0.717) is 6.54 Å². The predicted molar refractivity (Wildman–Crippen MR) is 65.5 cm³/mol. The van der Waals surface area contributed by atoms with Crippen LogP contribution in [-0.2, 0) is 28.8 Å². The van der Waals surface area contributed by atoms with Gasteiger partial charge < -0.3 is 5.32 Å². The number of nitrogens with zero attached hydrogens (tertiary/aromatic N) is 1. The zero-order valence-corrected chi connectivity index (χ0v) is 11.7. The Morgan fingerprint density at radius 1 is 1.56 bits per heavy atom. The molecule has 18 heavy (non-hydrogen) atoms. The fraction of sp³-hybridized carbons (Fsp3) is 0.857. The van der Waals surface area contributed by atoms with Gasteiger partial charge in [0.2, 0.25) is 0 Å². The fourth-order valence-corrected chi connectivity index (χ4v) is 4.30. The summed E-state index contributed by atoms with van der Waals surface area (Å²) in [6.07, 6.45) is -0.533. The summed E-state index contributed by atoms with van der Waals surface area (Å²) in [5.41, 5.74) is 0. The van der Waals surface area contributed by atoms with E-state index in [-0.39, 0.29) is 30.4 Å². The Bertz CT molecular complexity index is 542. The van der Waals surface area contributed by atoms with Crippen molar-refractivity contribution in [1.82, 2.24) is 9.62 Å². The smallest absolute Gasteiger partial charge is 0.360 e. The molecule has 0 amide bonds. The highest BCUT2D eigenvalue weighted by Crippen LogP contribution is 2.17. The molecule has 0 aromatic rings. The summed E-state index contributed by atoms with van der Waals surface area (Å²) < 4.78 is 55.8. The van der Waals surface area contributed by atoms with E-state index in [9.17, 15) is 16.8 Å². The lowest BCUT2D eigenvalue weighted by molar-refractivity contribution is 0.149. The molecule has 2 heterocycles. The molecule has 0 aromatic carbocycles. The molecular weight excluding hydrogens is 304 g/mol. The maximum absolute atomic E-state index is 11.7. The summed E-state index contributed by atoms with van der Waals surface area (Å²) in [6.45, 7) is 0.293. The lowest BCUT2D eigenvalue weighted by Crippen LogP contribution is -2.36. The van der Waals surface area contributed by atoms with E-state index in [4.69, 9.17) is 16.4 Å². The van der Waals surface area contributed by atoms with E-state index >= 15 is 0 Å². The molecule has 1 atom stereocenters. The number of thiocarbonyl (C=S) groups is 1. The van der Waals surface area contributed by atoms with Gasteiger partial charge in [-0.15, -0.1) is 0 Å². The number of hydrogen-bond acceptors (Lipinski definition) is 7. The molecule has 8 nitrogen and oxygen atoms in total. The Morgan fingerprint density at radius 2 is 2.28 bits per heavy atom. The Balaban J connectivity index is 1.92. The van der Waals surface area contributed by atoms with Gasteiger partial charge in [-0.25, -0.2) is 4.31 Å². The Kier molecular flexibility index (Phi) is 3.78. The van der Waals surface area contributed by atoms with Crippen molar-refractivity contribution in [2.45, 2.75) is 12.5 Å². The van der Waals surface area contributed by atoms with Crippen LogP contribution in [0.2, 0.25) is 0 Å². The topological polar surface area (TPSA) is 102 Å². The van der Waals surface area contributed by atoms with Crippen LogP contribution in [0.5, 0.6) is 0 Å². The zero-order valence-electron chi connectivity index (χ0n) is 9.23. The molecule has 0 bridgehead atoms. The van der Waals surface area contributed by atoms with Crippen LogP contribution in [-0.4, -0.2) is 57.8 Å². The van der Waals surface area contributed by atoms with Crippen molar-refractivity contribution < 1.29 is 25.2 Å². The Hall–Kier alpha value is -0.490. The van der Waals surface area contributed by atoms with E-state index in [0.717, 1.165) is 4.31 Å². The highest BCUT2D eigenvalue weighted by atomic mass is 32.2. The van der Waals surface area contributed by atoms with Crippen molar-refractivity contribution in [3.05, 3.63) is 0 Å². The van der Waals surface area contributed by atoms with Gasteiger partial charge in [0, 0.05) is 6.54 Å². The molecule has 104 valence electrons. The predicted octanol–water partition coefficient (Wildman–Crippen LogP) is -1.44. The van der Waals surface area contributed by atoms with Gasteiger partial charge in [0.1, 0.15) is 6.10 Å². The first-order valence-electron chi connectivity index (χ1n) is 5.16. The molecule has 2 fully saturated rings. The van der Waals surface area contributed by atoms with Gasteiger partial charge in [0.15, 0.2) is 5.11 Å². The molecule has 0 aromatic heterocycles. The molecule has 2 aliphatic heterocycles. The lowest BCUT2D eigenvalue weighted by Gasteiger charge is -2.17. The average Bonchev–Trinajstić information content (AvgIpc) is 2.82. The van der Waals surface area contributed by atoms with Crippen LogP contribution in [0, 0.1) is 0 Å². The van der Waals surface area contributed by atoms with E-state index in [1.54, 1.807) is 0 Å². The number of nitrogens with one attached hydrogen (secondary N) is 1. The van der Waals surface area contributed by atoms with E-state index in [1.807, 2.05) is 0 Å². The molecule has 0 aliphatic carbocycles. The van der Waals surface area contributed by atoms with Crippen LogP contribution in [0.15, 0.2) is 0 Å². The van der Waals surface area contributed by atoms with Gasteiger partial charge in [-0.2, -0.15) is 16.8 Å². The average molecular weight is 316 g/mol. The second-order valence-corrected chi connectivity index (χ2v) is 7.45. The van der Waals surface area contributed by atoms with Gasteiger partial charge in [-0.3, -0.25) is 8.37 Å². The monoisotopic (exact) mass is 316 g/mol. The maximum atomic E-state index is 11.7. The minimum Gasteiger partial charge on any atom is -0.360 e. The van der Waals surface area contributed by atoms with Crippen LogP contribution in [0.25, 0.3) is 0 Å².